The van der Waals surface area contributed by atoms with Crippen molar-refractivity contribution < 1.29 is 0 Å². The van der Waals surface area contributed by atoms with Crippen LogP contribution in [0.3, 0.4) is 0 Å². The summed E-state index contributed by atoms with van der Waals surface area (Å²) in [4.78, 5) is 2.27. The van der Waals surface area contributed by atoms with Crippen LogP contribution in [0.15, 0.2) is 54.6 Å². The van der Waals surface area contributed by atoms with Gasteiger partial charge in [-0.05, 0) is 24.1 Å². The van der Waals surface area contributed by atoms with Gasteiger partial charge in [-0.2, -0.15) is 5.26 Å². The van der Waals surface area contributed by atoms with Crippen LogP contribution in [0.25, 0.3) is 0 Å². The Labute approximate surface area is 114 Å². The summed E-state index contributed by atoms with van der Waals surface area (Å²) in [5, 5.41) is 9.22. The van der Waals surface area contributed by atoms with Crippen molar-refractivity contribution >= 4 is 5.69 Å². The lowest BCUT2D eigenvalue weighted by Gasteiger charge is -2.25. The molecule has 0 aliphatic heterocycles. The van der Waals surface area contributed by atoms with Crippen molar-refractivity contribution in [3.8, 4) is 6.07 Å². The van der Waals surface area contributed by atoms with Gasteiger partial charge < -0.3 is 4.90 Å². The first kappa shape index (κ1) is 13.2. The number of rotatable bonds is 5. The van der Waals surface area contributed by atoms with E-state index in [1.54, 1.807) is 0 Å². The van der Waals surface area contributed by atoms with Crippen molar-refractivity contribution in [1.29, 1.82) is 5.26 Å². The van der Waals surface area contributed by atoms with Gasteiger partial charge in [0.2, 0.25) is 0 Å². The number of benzene rings is 2. The second kappa shape index (κ2) is 6.61. The molecule has 0 aliphatic carbocycles. The number of nitriles is 1. The topological polar surface area (TPSA) is 27.0 Å². The third-order valence-electron chi connectivity index (χ3n) is 3.07. The van der Waals surface area contributed by atoms with Gasteiger partial charge >= 0.3 is 0 Å². The SMILES string of the molecule is CCCN(Cc1ccccc1)c1ccccc1C#N. The maximum Gasteiger partial charge on any atom is 0.101 e. The molecule has 0 unspecified atom stereocenters. The Hall–Kier alpha value is -2.27. The van der Waals surface area contributed by atoms with Crippen molar-refractivity contribution in [2.24, 2.45) is 0 Å². The first-order valence-corrected chi connectivity index (χ1v) is 6.63. The Morgan fingerprint density at radius 1 is 1.00 bits per heavy atom. The van der Waals surface area contributed by atoms with Crippen LogP contribution >= 0.6 is 0 Å². The average Bonchev–Trinajstić information content (AvgIpc) is 2.48. The molecule has 0 aromatic heterocycles. The van der Waals surface area contributed by atoms with E-state index in [9.17, 15) is 5.26 Å². The molecule has 0 saturated heterocycles. The van der Waals surface area contributed by atoms with Gasteiger partial charge in [0.1, 0.15) is 6.07 Å². The Morgan fingerprint density at radius 2 is 1.68 bits per heavy atom. The number of para-hydroxylation sites is 1. The van der Waals surface area contributed by atoms with Crippen LogP contribution in [-0.2, 0) is 6.54 Å². The Morgan fingerprint density at radius 3 is 2.37 bits per heavy atom. The van der Waals surface area contributed by atoms with Crippen molar-refractivity contribution in [1.82, 2.24) is 0 Å². The largest absolute Gasteiger partial charge is 0.366 e. The molecule has 0 heterocycles. The Bertz CT molecular complexity index is 555. The summed E-state index contributed by atoms with van der Waals surface area (Å²) in [7, 11) is 0. The maximum atomic E-state index is 9.22. The standard InChI is InChI=1S/C17H18N2/c1-2-12-19(14-15-8-4-3-5-9-15)17-11-7-6-10-16(17)13-18/h3-11H,2,12,14H2,1H3. The summed E-state index contributed by atoms with van der Waals surface area (Å²) in [6.07, 6.45) is 1.06. The monoisotopic (exact) mass is 250 g/mol. The Balaban J connectivity index is 2.27. The van der Waals surface area contributed by atoms with Crippen molar-refractivity contribution in [3.63, 3.8) is 0 Å². The van der Waals surface area contributed by atoms with Crippen LogP contribution in [0, 0.1) is 11.3 Å². The molecular weight excluding hydrogens is 232 g/mol. The van der Waals surface area contributed by atoms with Crippen molar-refractivity contribution in [3.05, 3.63) is 65.7 Å². The lowest BCUT2D eigenvalue weighted by Crippen LogP contribution is -2.24. The number of anilines is 1. The van der Waals surface area contributed by atoms with Gasteiger partial charge in [-0.1, -0.05) is 49.4 Å². The predicted molar refractivity (Wildman–Crippen MR) is 78.9 cm³/mol. The highest BCUT2D eigenvalue weighted by molar-refractivity contribution is 5.59. The second-order valence-electron chi connectivity index (χ2n) is 4.54. The molecule has 0 amide bonds. The van der Waals surface area contributed by atoms with E-state index in [0.29, 0.717) is 0 Å². The lowest BCUT2D eigenvalue weighted by molar-refractivity contribution is 0.766. The summed E-state index contributed by atoms with van der Waals surface area (Å²) < 4.78 is 0. The van der Waals surface area contributed by atoms with Gasteiger partial charge in [0.15, 0.2) is 0 Å². The van der Waals surface area contributed by atoms with E-state index in [4.69, 9.17) is 0 Å². The zero-order valence-electron chi connectivity index (χ0n) is 11.2. The van der Waals surface area contributed by atoms with E-state index >= 15 is 0 Å². The molecule has 2 aromatic rings. The molecule has 2 rings (SSSR count). The van der Waals surface area contributed by atoms with Crippen LogP contribution in [0.2, 0.25) is 0 Å². The molecule has 0 bridgehead atoms. The minimum absolute atomic E-state index is 0.742. The minimum atomic E-state index is 0.742. The molecule has 2 nitrogen and oxygen atoms in total. The van der Waals surface area contributed by atoms with Gasteiger partial charge in [-0.15, -0.1) is 0 Å². The van der Waals surface area contributed by atoms with Crippen LogP contribution < -0.4 is 4.90 Å². The van der Waals surface area contributed by atoms with Gasteiger partial charge in [0, 0.05) is 13.1 Å². The molecule has 19 heavy (non-hydrogen) atoms. The van der Waals surface area contributed by atoms with E-state index < -0.39 is 0 Å². The molecule has 0 spiro atoms. The fraction of sp³-hybridized carbons (Fsp3) is 0.235. The van der Waals surface area contributed by atoms with Crippen molar-refractivity contribution in [2.75, 3.05) is 11.4 Å². The summed E-state index contributed by atoms with van der Waals surface area (Å²) in [6.45, 7) is 3.95. The van der Waals surface area contributed by atoms with E-state index in [1.807, 2.05) is 30.3 Å². The van der Waals surface area contributed by atoms with E-state index in [1.165, 1.54) is 5.56 Å². The second-order valence-corrected chi connectivity index (χ2v) is 4.54. The average molecular weight is 250 g/mol. The lowest BCUT2D eigenvalue weighted by atomic mass is 10.1. The van der Waals surface area contributed by atoms with E-state index in [0.717, 1.165) is 30.8 Å². The summed E-state index contributed by atoms with van der Waals surface area (Å²) in [6, 6.07) is 20.5. The molecule has 96 valence electrons. The predicted octanol–water partition coefficient (Wildman–Crippen LogP) is 3.97. The molecular formula is C17H18N2. The van der Waals surface area contributed by atoms with Gasteiger partial charge in [0.05, 0.1) is 11.3 Å². The number of hydrogen-bond donors (Lipinski definition) is 0. The number of hydrogen-bond acceptors (Lipinski definition) is 2. The maximum absolute atomic E-state index is 9.22. The van der Waals surface area contributed by atoms with Crippen LogP contribution in [0.4, 0.5) is 5.69 Å². The van der Waals surface area contributed by atoms with Gasteiger partial charge in [-0.25, -0.2) is 0 Å². The third-order valence-corrected chi connectivity index (χ3v) is 3.07. The van der Waals surface area contributed by atoms with E-state index in [2.05, 4.69) is 42.2 Å². The smallest absolute Gasteiger partial charge is 0.101 e. The highest BCUT2D eigenvalue weighted by Crippen LogP contribution is 2.22. The molecule has 2 heteroatoms. The number of nitrogens with zero attached hydrogens (tertiary/aromatic N) is 2. The molecule has 0 aliphatic rings. The molecule has 0 saturated carbocycles. The van der Waals surface area contributed by atoms with E-state index in [-0.39, 0.29) is 0 Å². The minimum Gasteiger partial charge on any atom is -0.366 e. The zero-order chi connectivity index (χ0) is 13.5. The van der Waals surface area contributed by atoms with Crippen LogP contribution in [-0.4, -0.2) is 6.54 Å². The third kappa shape index (κ3) is 3.35. The first-order chi connectivity index (χ1) is 9.35. The highest BCUT2D eigenvalue weighted by Gasteiger charge is 2.10. The summed E-state index contributed by atoms with van der Waals surface area (Å²) in [5.74, 6) is 0. The fourth-order valence-electron chi connectivity index (χ4n) is 2.20. The quantitative estimate of drug-likeness (QED) is 0.802. The van der Waals surface area contributed by atoms with Crippen LogP contribution in [0.5, 0.6) is 0 Å². The van der Waals surface area contributed by atoms with Crippen LogP contribution in [0.1, 0.15) is 24.5 Å². The van der Waals surface area contributed by atoms with Gasteiger partial charge in [0.25, 0.3) is 0 Å². The zero-order valence-corrected chi connectivity index (χ0v) is 11.2. The van der Waals surface area contributed by atoms with Gasteiger partial charge in [-0.3, -0.25) is 0 Å². The Kier molecular flexibility index (Phi) is 4.58. The fourth-order valence-corrected chi connectivity index (χ4v) is 2.20. The molecule has 0 N–H and O–H groups in total. The summed E-state index contributed by atoms with van der Waals surface area (Å²) >= 11 is 0. The molecule has 2 aromatic carbocycles. The normalized spacial score (nSPS) is 9.89. The summed E-state index contributed by atoms with van der Waals surface area (Å²) in [5.41, 5.74) is 3.03. The first-order valence-electron chi connectivity index (χ1n) is 6.63. The molecule has 0 radical (unpaired) electrons. The molecule has 0 atom stereocenters. The van der Waals surface area contributed by atoms with Crippen molar-refractivity contribution in [2.45, 2.75) is 19.9 Å². The molecule has 0 fully saturated rings. The highest BCUT2D eigenvalue weighted by atomic mass is 15.1.